The fourth-order valence-corrected chi connectivity index (χ4v) is 4.49. The molecule has 1 aliphatic heterocycles. The van der Waals surface area contributed by atoms with Crippen molar-refractivity contribution >= 4 is 34.2 Å². The average molecular weight is 528 g/mol. The first-order valence-corrected chi connectivity index (χ1v) is 13.0. The lowest BCUT2D eigenvalue weighted by Gasteiger charge is -2.35. The van der Waals surface area contributed by atoms with E-state index in [9.17, 15) is 9.59 Å². The third-order valence-electron chi connectivity index (χ3n) is 6.85. The largest absolute Gasteiger partial charge is 0.492 e. The van der Waals surface area contributed by atoms with Crippen LogP contribution in [0.2, 0.25) is 0 Å². The molecule has 4 aromatic rings. The molecule has 9 heteroatoms. The van der Waals surface area contributed by atoms with Gasteiger partial charge < -0.3 is 30.0 Å². The summed E-state index contributed by atoms with van der Waals surface area (Å²) in [5.41, 5.74) is 8.17. The molecule has 0 saturated carbocycles. The maximum atomic E-state index is 13.5. The number of nitrogens with one attached hydrogen (secondary N) is 1. The summed E-state index contributed by atoms with van der Waals surface area (Å²) in [4.78, 5) is 32.4. The number of fused-ring (bicyclic) bond motifs is 1. The van der Waals surface area contributed by atoms with E-state index in [4.69, 9.17) is 14.9 Å². The van der Waals surface area contributed by atoms with Crippen LogP contribution in [-0.2, 0) is 0 Å². The minimum Gasteiger partial charge on any atom is -0.492 e. The molecule has 2 amide bonds. The maximum absolute atomic E-state index is 13.5. The van der Waals surface area contributed by atoms with Crippen molar-refractivity contribution < 1.29 is 18.7 Å². The van der Waals surface area contributed by atoms with Crippen LogP contribution in [-0.4, -0.2) is 79.6 Å². The first-order chi connectivity index (χ1) is 19.0. The first-order valence-electron chi connectivity index (χ1n) is 13.0. The zero-order valence-electron chi connectivity index (χ0n) is 22.0. The van der Waals surface area contributed by atoms with Gasteiger partial charge in [-0.05, 0) is 55.6 Å². The van der Waals surface area contributed by atoms with Gasteiger partial charge in [-0.2, -0.15) is 0 Å². The minimum atomic E-state index is -0.255. The predicted molar refractivity (Wildman–Crippen MR) is 152 cm³/mol. The van der Waals surface area contributed by atoms with Crippen molar-refractivity contribution in [2.24, 2.45) is 0 Å². The number of carbonyl (C=O) groups is 2. The summed E-state index contributed by atoms with van der Waals surface area (Å²) in [5.74, 6) is 0.511. The first kappa shape index (κ1) is 26.3. The van der Waals surface area contributed by atoms with E-state index in [1.54, 1.807) is 47.4 Å². The number of nitrogen functional groups attached to an aromatic ring is 1. The molecule has 0 aliphatic carbocycles. The molecule has 0 atom stereocenters. The van der Waals surface area contributed by atoms with Gasteiger partial charge in [-0.15, -0.1) is 0 Å². The lowest BCUT2D eigenvalue weighted by atomic mass is 10.2. The molecule has 0 unspecified atom stereocenters. The minimum absolute atomic E-state index is 0.166. The zero-order chi connectivity index (χ0) is 27.2. The van der Waals surface area contributed by atoms with Crippen LogP contribution in [0.3, 0.4) is 0 Å². The molecule has 0 spiro atoms. The Bertz CT molecular complexity index is 1390. The van der Waals surface area contributed by atoms with E-state index >= 15 is 0 Å². The molecule has 1 fully saturated rings. The Kier molecular flexibility index (Phi) is 8.10. The summed E-state index contributed by atoms with van der Waals surface area (Å²) >= 11 is 0. The third-order valence-corrected chi connectivity index (χ3v) is 6.85. The number of rotatable bonds is 9. The van der Waals surface area contributed by atoms with Crippen molar-refractivity contribution in [1.29, 1.82) is 0 Å². The van der Waals surface area contributed by atoms with Crippen LogP contribution in [0.4, 0.5) is 11.4 Å². The summed E-state index contributed by atoms with van der Waals surface area (Å²) in [6.45, 7) is 4.87. The highest BCUT2D eigenvalue weighted by Gasteiger charge is 2.24. The van der Waals surface area contributed by atoms with Crippen LogP contribution in [0.5, 0.6) is 5.75 Å². The number of amides is 2. The number of likely N-dealkylation sites (N-methyl/N-ethyl adjacent to an activating group) is 1. The van der Waals surface area contributed by atoms with E-state index in [0.717, 1.165) is 31.6 Å². The molecular weight excluding hydrogens is 494 g/mol. The number of benzene rings is 3. The zero-order valence-corrected chi connectivity index (χ0v) is 22.0. The monoisotopic (exact) mass is 527 g/mol. The van der Waals surface area contributed by atoms with Crippen molar-refractivity contribution in [3.05, 3.63) is 90.2 Å². The molecule has 39 heavy (non-hydrogen) atoms. The molecule has 0 radical (unpaired) electrons. The van der Waals surface area contributed by atoms with Crippen molar-refractivity contribution in [3.8, 4) is 5.75 Å². The van der Waals surface area contributed by atoms with Gasteiger partial charge in [-0.3, -0.25) is 14.5 Å². The van der Waals surface area contributed by atoms with E-state index in [2.05, 4.69) is 22.2 Å². The van der Waals surface area contributed by atoms with Crippen molar-refractivity contribution in [1.82, 2.24) is 14.7 Å². The van der Waals surface area contributed by atoms with Gasteiger partial charge in [0.05, 0.1) is 24.6 Å². The number of ether oxygens (including phenoxy) is 1. The van der Waals surface area contributed by atoms with Gasteiger partial charge in [0, 0.05) is 37.1 Å². The molecular formula is C30H33N5O4. The highest BCUT2D eigenvalue weighted by atomic mass is 16.5. The number of anilines is 2. The summed E-state index contributed by atoms with van der Waals surface area (Å²) in [7, 11) is 2.11. The van der Waals surface area contributed by atoms with Crippen molar-refractivity contribution in [3.63, 3.8) is 0 Å². The molecule has 3 aromatic carbocycles. The Balaban J connectivity index is 1.21. The number of nitrogens with two attached hydrogens (primary N) is 1. The van der Waals surface area contributed by atoms with Gasteiger partial charge in [0.1, 0.15) is 17.9 Å². The maximum Gasteiger partial charge on any atom is 0.290 e. The lowest BCUT2D eigenvalue weighted by Crippen LogP contribution is -2.50. The molecule has 1 aromatic heterocycles. The fourth-order valence-electron chi connectivity index (χ4n) is 4.49. The Morgan fingerprint density at radius 1 is 0.974 bits per heavy atom. The molecule has 1 saturated heterocycles. The van der Waals surface area contributed by atoms with E-state index in [1.165, 1.54) is 0 Å². The second-order valence-corrected chi connectivity index (χ2v) is 9.69. The van der Waals surface area contributed by atoms with Gasteiger partial charge in [-0.25, -0.2) is 0 Å². The van der Waals surface area contributed by atoms with Crippen LogP contribution in [0.25, 0.3) is 11.0 Å². The molecule has 202 valence electrons. The molecule has 2 heterocycles. The van der Waals surface area contributed by atoms with Gasteiger partial charge in [0.15, 0.2) is 5.76 Å². The van der Waals surface area contributed by atoms with E-state index < -0.39 is 0 Å². The van der Waals surface area contributed by atoms with Gasteiger partial charge in [0.2, 0.25) is 0 Å². The topological polar surface area (TPSA) is 104 Å². The van der Waals surface area contributed by atoms with Gasteiger partial charge in [0.25, 0.3) is 11.8 Å². The third kappa shape index (κ3) is 6.57. The summed E-state index contributed by atoms with van der Waals surface area (Å²) < 4.78 is 11.8. The van der Waals surface area contributed by atoms with E-state index in [1.807, 2.05) is 36.4 Å². The second kappa shape index (κ2) is 12.0. The predicted octanol–water partition coefficient (Wildman–Crippen LogP) is 3.99. The van der Waals surface area contributed by atoms with Crippen LogP contribution in [0.15, 0.2) is 83.3 Å². The Hall–Kier alpha value is -4.34. The molecule has 9 nitrogen and oxygen atoms in total. The van der Waals surface area contributed by atoms with E-state index in [-0.39, 0.29) is 11.8 Å². The number of furan rings is 1. The van der Waals surface area contributed by atoms with Crippen molar-refractivity contribution in [2.45, 2.75) is 0 Å². The van der Waals surface area contributed by atoms with Crippen LogP contribution < -0.4 is 15.8 Å². The Morgan fingerprint density at radius 2 is 1.69 bits per heavy atom. The number of hydrogen-bond donors (Lipinski definition) is 2. The molecule has 5 rings (SSSR count). The summed E-state index contributed by atoms with van der Waals surface area (Å²) in [6, 6.07) is 23.4. The smallest absolute Gasteiger partial charge is 0.290 e. The standard InChI is InChI=1S/C30H33N5O4/c1-33-14-16-34(17-15-33)21-35(30(37)28-20-23-6-2-5-9-27(23)39-28)18-19-38-24-12-10-22(11-13-24)29(36)32-26-8-4-3-7-25(26)31/h2-13,20H,14-19,21,31H2,1H3,(H,32,36). The highest BCUT2D eigenvalue weighted by molar-refractivity contribution is 6.05. The van der Waals surface area contributed by atoms with Gasteiger partial charge in [-0.1, -0.05) is 30.3 Å². The van der Waals surface area contributed by atoms with Crippen LogP contribution in [0.1, 0.15) is 20.9 Å². The number of nitrogens with zero attached hydrogens (tertiary/aromatic N) is 3. The number of hydrogen-bond acceptors (Lipinski definition) is 7. The van der Waals surface area contributed by atoms with Crippen molar-refractivity contribution in [2.75, 3.05) is 64.1 Å². The molecule has 1 aliphatic rings. The van der Waals surface area contributed by atoms with E-state index in [0.29, 0.717) is 53.9 Å². The number of carbonyl (C=O) groups excluding carboxylic acids is 2. The normalized spacial score (nSPS) is 14.3. The van der Waals surface area contributed by atoms with Crippen LogP contribution >= 0.6 is 0 Å². The summed E-state index contributed by atoms with van der Waals surface area (Å²) in [5, 5.41) is 3.72. The quantitative estimate of drug-likeness (QED) is 0.317. The lowest BCUT2D eigenvalue weighted by molar-refractivity contribution is 0.0469. The van der Waals surface area contributed by atoms with Gasteiger partial charge >= 0.3 is 0 Å². The van der Waals surface area contributed by atoms with Crippen LogP contribution in [0, 0.1) is 0 Å². The summed E-state index contributed by atoms with van der Waals surface area (Å²) in [6.07, 6.45) is 0. The highest BCUT2D eigenvalue weighted by Crippen LogP contribution is 2.21. The fraction of sp³-hybridized carbons (Fsp3) is 0.267. The number of para-hydroxylation sites is 3. The Morgan fingerprint density at radius 3 is 2.44 bits per heavy atom. The average Bonchev–Trinajstić information content (AvgIpc) is 3.39. The number of piperazine rings is 1. The SMILES string of the molecule is CN1CCN(CN(CCOc2ccc(C(=O)Nc3ccccc3N)cc2)C(=O)c2cc3ccccc3o2)CC1. The molecule has 3 N–H and O–H groups in total. The Labute approximate surface area is 227 Å². The second-order valence-electron chi connectivity index (χ2n) is 9.69. The molecule has 0 bridgehead atoms.